The van der Waals surface area contributed by atoms with Gasteiger partial charge >= 0.3 is 0 Å². The van der Waals surface area contributed by atoms with Crippen molar-refractivity contribution in [1.29, 1.82) is 0 Å². The third-order valence-corrected chi connectivity index (χ3v) is 4.09. The molecule has 1 unspecified atom stereocenters. The lowest BCUT2D eigenvalue weighted by atomic mass is 10.3. The summed E-state index contributed by atoms with van der Waals surface area (Å²) in [5.74, 6) is 0.209. The Bertz CT molecular complexity index is 587. The van der Waals surface area contributed by atoms with Crippen molar-refractivity contribution in [2.24, 2.45) is 0 Å². The molecule has 0 amide bonds. The maximum Gasteiger partial charge on any atom is 0.293 e. The van der Waals surface area contributed by atoms with E-state index in [1.54, 1.807) is 6.92 Å². The molecule has 0 aliphatic rings. The third kappa shape index (κ3) is 3.89. The van der Waals surface area contributed by atoms with Crippen LogP contribution in [0.15, 0.2) is 23.1 Å². The van der Waals surface area contributed by atoms with Gasteiger partial charge in [0.05, 0.1) is 24.2 Å². The summed E-state index contributed by atoms with van der Waals surface area (Å²) >= 11 is 0. The minimum absolute atomic E-state index is 0.0159. The van der Waals surface area contributed by atoms with Gasteiger partial charge in [0, 0.05) is 13.7 Å². The van der Waals surface area contributed by atoms with Gasteiger partial charge in [0.25, 0.3) is 5.69 Å². The molecule has 1 aromatic carbocycles. The smallest absolute Gasteiger partial charge is 0.293 e. The molecule has 1 N–H and O–H groups in total. The van der Waals surface area contributed by atoms with Gasteiger partial charge in [0.1, 0.15) is 5.75 Å². The fraction of sp³-hybridized carbons (Fsp3) is 0.455. The third-order valence-electron chi connectivity index (χ3n) is 2.62. The van der Waals surface area contributed by atoms with Crippen molar-refractivity contribution >= 4 is 15.7 Å². The van der Waals surface area contributed by atoms with Crippen LogP contribution in [-0.4, -0.2) is 40.2 Å². The van der Waals surface area contributed by atoms with Crippen molar-refractivity contribution in [2.45, 2.75) is 17.9 Å². The van der Waals surface area contributed by atoms with Crippen LogP contribution in [0.5, 0.6) is 5.75 Å². The maximum absolute atomic E-state index is 12.1. The summed E-state index contributed by atoms with van der Waals surface area (Å²) in [6, 6.07) is 3.55. The summed E-state index contributed by atoms with van der Waals surface area (Å²) in [7, 11) is -1.21. The first-order valence-corrected chi connectivity index (χ1v) is 7.15. The van der Waals surface area contributed by atoms with Crippen molar-refractivity contribution in [2.75, 3.05) is 20.8 Å². The molecule has 1 aromatic rings. The van der Waals surface area contributed by atoms with Crippen LogP contribution in [0.1, 0.15) is 6.92 Å². The molecule has 0 heterocycles. The zero-order valence-corrected chi connectivity index (χ0v) is 12.1. The van der Waals surface area contributed by atoms with E-state index in [-0.39, 0.29) is 18.4 Å². The molecule has 0 aliphatic heterocycles. The largest absolute Gasteiger partial charge is 0.497 e. The van der Waals surface area contributed by atoms with Crippen molar-refractivity contribution in [3.05, 3.63) is 28.3 Å². The molecule has 0 spiro atoms. The first kappa shape index (κ1) is 16.3. The zero-order chi connectivity index (χ0) is 15.3. The van der Waals surface area contributed by atoms with Crippen LogP contribution >= 0.6 is 0 Å². The molecule has 1 atom stereocenters. The highest BCUT2D eigenvalue weighted by molar-refractivity contribution is 7.89. The van der Waals surface area contributed by atoms with Gasteiger partial charge in [-0.2, -0.15) is 0 Å². The highest BCUT2D eigenvalue weighted by Gasteiger charge is 2.26. The predicted molar refractivity (Wildman–Crippen MR) is 71.3 cm³/mol. The van der Waals surface area contributed by atoms with Gasteiger partial charge in [-0.15, -0.1) is 0 Å². The summed E-state index contributed by atoms with van der Waals surface area (Å²) < 4.78 is 36.2. The molecule has 20 heavy (non-hydrogen) atoms. The first-order valence-electron chi connectivity index (χ1n) is 5.66. The van der Waals surface area contributed by atoms with E-state index in [9.17, 15) is 18.5 Å². The van der Waals surface area contributed by atoms with Crippen LogP contribution in [-0.2, 0) is 14.8 Å². The Morgan fingerprint density at radius 2 is 2.05 bits per heavy atom. The maximum atomic E-state index is 12.1. The molecule has 0 aliphatic carbocycles. The van der Waals surface area contributed by atoms with Gasteiger partial charge in [-0.05, 0) is 19.1 Å². The number of nitro groups is 1. The second kappa shape index (κ2) is 6.64. The average molecular weight is 304 g/mol. The number of sulfonamides is 1. The van der Waals surface area contributed by atoms with Gasteiger partial charge in [-0.1, -0.05) is 0 Å². The number of nitro benzene ring substituents is 1. The molecule has 0 fully saturated rings. The normalized spacial score (nSPS) is 12.9. The summed E-state index contributed by atoms with van der Waals surface area (Å²) in [4.78, 5) is 9.79. The second-order valence-corrected chi connectivity index (χ2v) is 5.72. The zero-order valence-electron chi connectivity index (χ0n) is 11.3. The van der Waals surface area contributed by atoms with E-state index in [0.717, 1.165) is 12.1 Å². The molecule has 0 radical (unpaired) electrons. The molecule has 1 rings (SSSR count). The Kier molecular flexibility index (Phi) is 5.43. The van der Waals surface area contributed by atoms with Crippen LogP contribution in [0.4, 0.5) is 5.69 Å². The van der Waals surface area contributed by atoms with E-state index in [2.05, 4.69) is 4.72 Å². The molecule has 112 valence electrons. The Morgan fingerprint density at radius 3 is 2.55 bits per heavy atom. The molecule has 0 saturated heterocycles. The van der Waals surface area contributed by atoms with Crippen molar-refractivity contribution in [3.63, 3.8) is 0 Å². The minimum Gasteiger partial charge on any atom is -0.497 e. The fourth-order valence-corrected chi connectivity index (χ4v) is 2.65. The molecule has 0 saturated carbocycles. The lowest BCUT2D eigenvalue weighted by molar-refractivity contribution is -0.387. The van der Waals surface area contributed by atoms with E-state index < -0.39 is 25.5 Å². The van der Waals surface area contributed by atoms with E-state index in [4.69, 9.17) is 9.47 Å². The van der Waals surface area contributed by atoms with Crippen LogP contribution in [0.2, 0.25) is 0 Å². The number of nitrogens with one attached hydrogen (secondary N) is 1. The van der Waals surface area contributed by atoms with Gasteiger partial charge < -0.3 is 9.47 Å². The Morgan fingerprint density at radius 1 is 1.40 bits per heavy atom. The predicted octanol–water partition coefficient (Wildman–Crippen LogP) is 0.917. The van der Waals surface area contributed by atoms with E-state index >= 15 is 0 Å². The monoisotopic (exact) mass is 304 g/mol. The van der Waals surface area contributed by atoms with E-state index in [1.807, 2.05) is 0 Å². The quantitative estimate of drug-likeness (QED) is 0.592. The minimum atomic E-state index is -3.99. The number of hydrogen-bond donors (Lipinski definition) is 1. The molecular formula is C11H16N2O6S. The van der Waals surface area contributed by atoms with Gasteiger partial charge in [0.2, 0.25) is 10.0 Å². The summed E-state index contributed by atoms with van der Waals surface area (Å²) in [5.41, 5.74) is -0.540. The number of methoxy groups -OCH3 is 2. The van der Waals surface area contributed by atoms with Crippen LogP contribution in [0.3, 0.4) is 0 Å². The summed E-state index contributed by atoms with van der Waals surface area (Å²) in [5, 5.41) is 11.0. The van der Waals surface area contributed by atoms with Gasteiger partial charge in [-0.25, -0.2) is 13.1 Å². The topological polar surface area (TPSA) is 108 Å². The SMILES string of the molecule is COc1ccc(S(=O)(=O)NCC(C)OC)c([N+](=O)[O-])c1. The highest BCUT2D eigenvalue weighted by atomic mass is 32.2. The summed E-state index contributed by atoms with van der Waals surface area (Å²) in [6.07, 6.45) is -0.345. The second-order valence-electron chi connectivity index (χ2n) is 3.99. The van der Waals surface area contributed by atoms with Crippen molar-refractivity contribution in [3.8, 4) is 5.75 Å². The van der Waals surface area contributed by atoms with Gasteiger partial charge in [0.15, 0.2) is 4.90 Å². The number of rotatable bonds is 7. The molecule has 8 nitrogen and oxygen atoms in total. The Hall–Kier alpha value is -1.71. The first-order chi connectivity index (χ1) is 9.31. The van der Waals surface area contributed by atoms with Crippen LogP contribution in [0.25, 0.3) is 0 Å². The summed E-state index contributed by atoms with van der Waals surface area (Å²) in [6.45, 7) is 1.69. The number of ether oxygens (including phenoxy) is 2. The number of benzene rings is 1. The lowest BCUT2D eigenvalue weighted by Gasteiger charge is -2.12. The van der Waals surface area contributed by atoms with Crippen molar-refractivity contribution < 1.29 is 22.8 Å². The van der Waals surface area contributed by atoms with Crippen LogP contribution in [0, 0.1) is 10.1 Å². The van der Waals surface area contributed by atoms with E-state index in [1.165, 1.54) is 20.3 Å². The van der Waals surface area contributed by atoms with Crippen LogP contribution < -0.4 is 9.46 Å². The van der Waals surface area contributed by atoms with Crippen molar-refractivity contribution in [1.82, 2.24) is 4.72 Å². The number of nitrogens with zero attached hydrogens (tertiary/aromatic N) is 1. The van der Waals surface area contributed by atoms with E-state index in [0.29, 0.717) is 0 Å². The Labute approximate surface area is 116 Å². The molecule has 0 aromatic heterocycles. The standard InChI is InChI=1S/C11H16N2O6S/c1-8(18-2)7-12-20(16,17)11-5-4-9(19-3)6-10(11)13(14)15/h4-6,8,12H,7H2,1-3H3. The Balaban J connectivity index is 3.14. The average Bonchev–Trinajstić information content (AvgIpc) is 2.43. The fourth-order valence-electron chi connectivity index (χ4n) is 1.38. The molecule has 0 bridgehead atoms. The highest BCUT2D eigenvalue weighted by Crippen LogP contribution is 2.28. The number of hydrogen-bond acceptors (Lipinski definition) is 6. The molecule has 9 heteroatoms. The lowest BCUT2D eigenvalue weighted by Crippen LogP contribution is -2.32. The van der Waals surface area contributed by atoms with Gasteiger partial charge in [-0.3, -0.25) is 10.1 Å². The molecular weight excluding hydrogens is 288 g/mol.